The average molecular weight is 300 g/mol. The Kier molecular flexibility index (Phi) is 5.25. The van der Waals surface area contributed by atoms with Gasteiger partial charge in [-0.3, -0.25) is 4.79 Å². The summed E-state index contributed by atoms with van der Waals surface area (Å²) in [4.78, 5) is 11.5. The molecular weight excluding hydrogens is 276 g/mol. The molecule has 1 aliphatic carbocycles. The molecule has 0 aromatic heterocycles. The summed E-state index contributed by atoms with van der Waals surface area (Å²) in [5.74, 6) is 4.14. The Morgan fingerprint density at radius 2 is 2.00 bits per heavy atom. The first-order chi connectivity index (χ1) is 10.0. The monoisotopic (exact) mass is 300 g/mol. The summed E-state index contributed by atoms with van der Waals surface area (Å²) < 4.78 is 4.80. The molecule has 112 valence electrons. The summed E-state index contributed by atoms with van der Waals surface area (Å²) in [7, 11) is -0.240. The van der Waals surface area contributed by atoms with E-state index in [0.29, 0.717) is 18.3 Å². The second-order valence-corrected chi connectivity index (χ2v) is 10.4. The van der Waals surface area contributed by atoms with Crippen molar-refractivity contribution in [2.45, 2.75) is 38.8 Å². The molecule has 2 nitrogen and oxygen atoms in total. The topological polar surface area (TPSA) is 26.3 Å². The smallest absolute Gasteiger partial charge is 0.305 e. The highest BCUT2D eigenvalue weighted by Gasteiger charge is 2.29. The maximum atomic E-state index is 11.5. The molecule has 1 fully saturated rings. The van der Waals surface area contributed by atoms with Crippen LogP contribution in [0.4, 0.5) is 0 Å². The van der Waals surface area contributed by atoms with Crippen LogP contribution >= 0.6 is 0 Å². The van der Waals surface area contributed by atoms with E-state index in [1.807, 2.05) is 6.07 Å². The van der Waals surface area contributed by atoms with E-state index >= 15 is 0 Å². The van der Waals surface area contributed by atoms with E-state index in [-0.39, 0.29) is 5.97 Å². The summed E-state index contributed by atoms with van der Waals surface area (Å²) in [5, 5.41) is 1.38. The lowest BCUT2D eigenvalue weighted by molar-refractivity contribution is -0.141. The van der Waals surface area contributed by atoms with Gasteiger partial charge in [-0.2, -0.15) is 0 Å². The Morgan fingerprint density at radius 3 is 2.67 bits per heavy atom. The van der Waals surface area contributed by atoms with E-state index in [4.69, 9.17) is 4.74 Å². The highest BCUT2D eigenvalue weighted by molar-refractivity contribution is 6.96. The quantitative estimate of drug-likeness (QED) is 0.487. The van der Waals surface area contributed by atoms with Gasteiger partial charge < -0.3 is 4.74 Å². The van der Waals surface area contributed by atoms with Crippen LogP contribution in [-0.2, 0) is 9.53 Å². The highest BCUT2D eigenvalue weighted by Crippen LogP contribution is 2.33. The van der Waals surface area contributed by atoms with Crippen LogP contribution < -0.4 is 5.19 Å². The van der Waals surface area contributed by atoms with Crippen molar-refractivity contribution in [2.24, 2.45) is 11.8 Å². The number of carbonyl (C=O) groups excluding carboxylic acids is 1. The molecule has 21 heavy (non-hydrogen) atoms. The van der Waals surface area contributed by atoms with E-state index in [0.717, 1.165) is 12.8 Å². The summed E-state index contributed by atoms with van der Waals surface area (Å²) in [5.41, 5.74) is 3.58. The lowest BCUT2D eigenvalue weighted by Gasteiger charge is -2.17. The summed E-state index contributed by atoms with van der Waals surface area (Å²) in [6.07, 6.45) is 3.91. The number of hydrogen-bond acceptors (Lipinski definition) is 2. The SMILES string of the molecule is COC(=O)C[C@@H]1CCC[C@@H]1C#C[Si](C)(C)c1ccccc1. The van der Waals surface area contributed by atoms with Crippen molar-refractivity contribution in [1.29, 1.82) is 0 Å². The molecule has 0 amide bonds. The molecule has 0 N–H and O–H groups in total. The van der Waals surface area contributed by atoms with Gasteiger partial charge in [0.25, 0.3) is 0 Å². The molecule has 0 heterocycles. The van der Waals surface area contributed by atoms with Crippen LogP contribution in [-0.4, -0.2) is 21.2 Å². The Morgan fingerprint density at radius 1 is 1.29 bits per heavy atom. The van der Waals surface area contributed by atoms with Crippen molar-refractivity contribution >= 4 is 19.2 Å². The first kappa shape index (κ1) is 15.8. The second kappa shape index (κ2) is 6.95. The number of hydrogen-bond donors (Lipinski definition) is 0. The lowest BCUT2D eigenvalue weighted by atomic mass is 9.94. The molecule has 0 aliphatic heterocycles. The molecule has 1 aliphatic rings. The number of rotatable bonds is 3. The first-order valence-electron chi connectivity index (χ1n) is 7.68. The largest absolute Gasteiger partial charge is 0.469 e. The Balaban J connectivity index is 2.08. The van der Waals surface area contributed by atoms with E-state index in [9.17, 15) is 4.79 Å². The van der Waals surface area contributed by atoms with Crippen LogP contribution in [0.1, 0.15) is 25.7 Å². The zero-order valence-corrected chi connectivity index (χ0v) is 14.2. The molecule has 2 rings (SSSR count). The van der Waals surface area contributed by atoms with Crippen molar-refractivity contribution in [1.82, 2.24) is 0 Å². The minimum atomic E-state index is -1.70. The Hall–Kier alpha value is -1.53. The van der Waals surface area contributed by atoms with Gasteiger partial charge in [0.15, 0.2) is 8.07 Å². The fourth-order valence-corrected chi connectivity index (χ4v) is 4.69. The van der Waals surface area contributed by atoms with Gasteiger partial charge in [-0.05, 0) is 23.9 Å². The average Bonchev–Trinajstić information content (AvgIpc) is 2.93. The minimum Gasteiger partial charge on any atom is -0.469 e. The lowest BCUT2D eigenvalue weighted by Crippen LogP contribution is -2.40. The van der Waals surface area contributed by atoms with Crippen molar-refractivity contribution < 1.29 is 9.53 Å². The van der Waals surface area contributed by atoms with Gasteiger partial charge in [0.05, 0.1) is 7.11 Å². The normalized spacial score (nSPS) is 21.5. The molecule has 3 heteroatoms. The fourth-order valence-electron chi connectivity index (χ4n) is 2.97. The molecule has 0 bridgehead atoms. The molecular formula is C18H24O2Si. The third kappa shape index (κ3) is 4.22. The van der Waals surface area contributed by atoms with E-state index < -0.39 is 8.07 Å². The van der Waals surface area contributed by atoms with E-state index in [2.05, 4.69) is 48.8 Å². The molecule has 0 unspecified atom stereocenters. The molecule has 2 atom stereocenters. The fraction of sp³-hybridized carbons (Fsp3) is 0.500. The third-order valence-corrected chi connectivity index (χ3v) is 6.93. The molecule has 1 aromatic carbocycles. The Labute approximate surface area is 128 Å². The van der Waals surface area contributed by atoms with Gasteiger partial charge in [0.2, 0.25) is 0 Å². The first-order valence-corrected chi connectivity index (χ1v) is 10.7. The van der Waals surface area contributed by atoms with Gasteiger partial charge in [-0.1, -0.05) is 49.8 Å². The number of benzene rings is 1. The molecule has 1 aromatic rings. The third-order valence-electron chi connectivity index (χ3n) is 4.38. The predicted octanol–water partition coefficient (Wildman–Crippen LogP) is 3.12. The maximum absolute atomic E-state index is 11.5. The summed E-state index contributed by atoms with van der Waals surface area (Å²) in [6, 6.07) is 10.6. The van der Waals surface area contributed by atoms with Crippen LogP contribution in [0.25, 0.3) is 0 Å². The van der Waals surface area contributed by atoms with Crippen molar-refractivity contribution in [3.05, 3.63) is 30.3 Å². The van der Waals surface area contributed by atoms with Crippen LogP contribution in [0.2, 0.25) is 13.1 Å². The number of carbonyl (C=O) groups is 1. The zero-order chi connectivity index (χ0) is 15.3. The van der Waals surface area contributed by atoms with Gasteiger partial charge in [0.1, 0.15) is 0 Å². The van der Waals surface area contributed by atoms with Crippen molar-refractivity contribution in [3.63, 3.8) is 0 Å². The van der Waals surface area contributed by atoms with Gasteiger partial charge >= 0.3 is 5.97 Å². The van der Waals surface area contributed by atoms with Crippen LogP contribution in [0.15, 0.2) is 30.3 Å². The number of ether oxygens (including phenoxy) is 1. The summed E-state index contributed by atoms with van der Waals surface area (Å²) >= 11 is 0. The standard InChI is InChI=1S/C18H24O2Si/c1-20-18(19)14-16-9-7-8-15(16)12-13-21(2,3)17-10-5-4-6-11-17/h4-6,10-11,15-16H,7-9,14H2,1-3H3/t15-,16+/m1/s1. The van der Waals surface area contributed by atoms with Crippen molar-refractivity contribution in [3.8, 4) is 11.5 Å². The predicted molar refractivity (Wildman–Crippen MR) is 88.8 cm³/mol. The van der Waals surface area contributed by atoms with Gasteiger partial charge in [0, 0.05) is 12.3 Å². The summed E-state index contributed by atoms with van der Waals surface area (Å²) in [6.45, 7) is 4.58. The zero-order valence-electron chi connectivity index (χ0n) is 13.2. The van der Waals surface area contributed by atoms with Crippen LogP contribution in [0, 0.1) is 23.3 Å². The van der Waals surface area contributed by atoms with E-state index in [1.54, 1.807) is 0 Å². The minimum absolute atomic E-state index is 0.103. The molecule has 0 saturated heterocycles. The van der Waals surface area contributed by atoms with Crippen molar-refractivity contribution in [2.75, 3.05) is 7.11 Å². The number of esters is 1. The van der Waals surface area contributed by atoms with Gasteiger partial charge in [-0.25, -0.2) is 0 Å². The second-order valence-electron chi connectivity index (χ2n) is 6.34. The van der Waals surface area contributed by atoms with Crippen LogP contribution in [0.5, 0.6) is 0 Å². The Bertz CT molecular complexity index is 539. The molecule has 0 spiro atoms. The molecule has 1 saturated carbocycles. The van der Waals surface area contributed by atoms with E-state index in [1.165, 1.54) is 18.7 Å². The van der Waals surface area contributed by atoms with Gasteiger partial charge in [-0.15, -0.1) is 11.5 Å². The van der Waals surface area contributed by atoms with Crippen LogP contribution in [0.3, 0.4) is 0 Å². The highest BCUT2D eigenvalue weighted by atomic mass is 28.3. The molecule has 0 radical (unpaired) electrons. The number of methoxy groups -OCH3 is 1. The maximum Gasteiger partial charge on any atom is 0.305 e.